The summed E-state index contributed by atoms with van der Waals surface area (Å²) in [6.07, 6.45) is 7.12. The van der Waals surface area contributed by atoms with Crippen LogP contribution in [-0.4, -0.2) is 46.1 Å². The molecule has 1 aliphatic heterocycles. The average molecular weight is 358 g/mol. The van der Waals surface area contributed by atoms with Crippen molar-refractivity contribution in [2.45, 2.75) is 49.1 Å². The summed E-state index contributed by atoms with van der Waals surface area (Å²) in [5.74, 6) is 0.0968. The zero-order valence-corrected chi connectivity index (χ0v) is 15.0. The molecule has 2 heterocycles. The number of likely N-dealkylation sites (tertiary alicyclic amines) is 1. The fraction of sp³-hybridized carbons (Fsp3) is 0.556. The normalized spacial score (nSPS) is 18.8. The van der Waals surface area contributed by atoms with Crippen molar-refractivity contribution in [3.05, 3.63) is 23.9 Å². The van der Waals surface area contributed by atoms with Crippen LogP contribution in [0, 0.1) is 11.3 Å². The number of rotatable bonds is 5. The molecule has 0 radical (unpaired) electrons. The van der Waals surface area contributed by atoms with Gasteiger partial charge in [0.25, 0.3) is 5.91 Å². The first kappa shape index (κ1) is 17.7. The van der Waals surface area contributed by atoms with Gasteiger partial charge in [0, 0.05) is 19.3 Å². The lowest BCUT2D eigenvalue weighted by Crippen LogP contribution is -2.45. The molecule has 132 valence electrons. The number of nitrogens with zero attached hydrogens (tertiary/aromatic N) is 3. The zero-order valence-electron chi connectivity index (χ0n) is 14.2. The van der Waals surface area contributed by atoms with E-state index in [1.54, 1.807) is 18.3 Å². The first-order valence-corrected chi connectivity index (χ1v) is 9.71. The van der Waals surface area contributed by atoms with Crippen LogP contribution in [0.2, 0.25) is 0 Å². The monoisotopic (exact) mass is 358 g/mol. The number of hydrogen-bond donors (Lipinski definition) is 1. The molecule has 0 bridgehead atoms. The number of nitriles is 1. The topological polar surface area (TPSA) is 86.1 Å². The van der Waals surface area contributed by atoms with Crippen molar-refractivity contribution >= 4 is 23.6 Å². The minimum Gasteiger partial charge on any atom is -0.339 e. The molecule has 7 heteroatoms. The Morgan fingerprint density at radius 2 is 1.96 bits per heavy atom. The average Bonchev–Trinajstić information content (AvgIpc) is 3.32. The summed E-state index contributed by atoms with van der Waals surface area (Å²) >= 11 is 1.32. The van der Waals surface area contributed by atoms with Crippen molar-refractivity contribution in [2.75, 3.05) is 18.8 Å². The molecular formula is C18H22N4O2S. The maximum absolute atomic E-state index is 12.3. The van der Waals surface area contributed by atoms with Crippen molar-refractivity contribution in [3.8, 4) is 6.07 Å². The molecule has 1 saturated carbocycles. The minimum atomic E-state index is -0.683. The summed E-state index contributed by atoms with van der Waals surface area (Å²) in [6, 6.07) is 5.79. The Balaban J connectivity index is 1.51. The lowest BCUT2D eigenvalue weighted by atomic mass is 10.0. The highest BCUT2D eigenvalue weighted by atomic mass is 32.2. The quantitative estimate of drug-likeness (QED) is 0.817. The van der Waals surface area contributed by atoms with E-state index in [2.05, 4.69) is 16.4 Å². The van der Waals surface area contributed by atoms with Gasteiger partial charge in [0.05, 0.1) is 22.4 Å². The van der Waals surface area contributed by atoms with Gasteiger partial charge in [0.1, 0.15) is 5.54 Å². The lowest BCUT2D eigenvalue weighted by molar-refractivity contribution is -0.119. The van der Waals surface area contributed by atoms with Crippen LogP contribution in [0.25, 0.3) is 0 Å². The second-order valence-electron chi connectivity index (χ2n) is 6.62. The van der Waals surface area contributed by atoms with E-state index in [4.69, 9.17) is 0 Å². The second kappa shape index (κ2) is 7.87. The van der Waals surface area contributed by atoms with Crippen LogP contribution in [0.3, 0.4) is 0 Å². The Labute approximate surface area is 152 Å². The van der Waals surface area contributed by atoms with E-state index < -0.39 is 5.54 Å². The molecule has 6 nitrogen and oxygen atoms in total. The van der Waals surface area contributed by atoms with Gasteiger partial charge in [0.2, 0.25) is 5.91 Å². The van der Waals surface area contributed by atoms with Crippen LogP contribution in [0.1, 0.15) is 48.9 Å². The van der Waals surface area contributed by atoms with Crippen LogP contribution in [0.5, 0.6) is 0 Å². The molecule has 3 rings (SSSR count). The highest BCUT2D eigenvalue weighted by Gasteiger charge is 2.35. The number of thioether (sulfide) groups is 1. The number of pyridine rings is 1. The van der Waals surface area contributed by atoms with Crippen molar-refractivity contribution in [2.24, 2.45) is 0 Å². The first-order chi connectivity index (χ1) is 12.1. The maximum Gasteiger partial charge on any atom is 0.255 e. The Hall–Kier alpha value is -2.07. The molecule has 0 atom stereocenters. The van der Waals surface area contributed by atoms with Gasteiger partial charge < -0.3 is 10.2 Å². The molecule has 2 fully saturated rings. The summed E-state index contributed by atoms with van der Waals surface area (Å²) in [4.78, 5) is 30.5. The summed E-state index contributed by atoms with van der Waals surface area (Å²) in [5, 5.41) is 12.9. The van der Waals surface area contributed by atoms with Crippen LogP contribution in [0.15, 0.2) is 23.4 Å². The van der Waals surface area contributed by atoms with E-state index in [9.17, 15) is 14.9 Å². The van der Waals surface area contributed by atoms with Gasteiger partial charge in [-0.15, -0.1) is 0 Å². The van der Waals surface area contributed by atoms with Gasteiger partial charge in [0.15, 0.2) is 0 Å². The molecule has 1 saturated heterocycles. The number of carbonyl (C=O) groups is 2. The van der Waals surface area contributed by atoms with Gasteiger partial charge >= 0.3 is 0 Å². The third kappa shape index (κ3) is 4.31. The largest absolute Gasteiger partial charge is 0.339 e. The van der Waals surface area contributed by atoms with E-state index in [1.807, 2.05) is 4.90 Å². The molecule has 0 unspecified atom stereocenters. The third-order valence-electron chi connectivity index (χ3n) is 4.78. The number of amides is 2. The Morgan fingerprint density at radius 1 is 1.24 bits per heavy atom. The molecule has 1 aliphatic carbocycles. The molecule has 1 N–H and O–H groups in total. The van der Waals surface area contributed by atoms with Gasteiger partial charge in [-0.2, -0.15) is 5.26 Å². The number of hydrogen-bond acceptors (Lipinski definition) is 5. The minimum absolute atomic E-state index is 0.0245. The standard InChI is InChI=1S/C18H22N4O2S/c19-13-18(7-1-2-8-18)21-15(23)12-25-16-6-5-14(11-20-16)17(24)22-9-3-4-10-22/h5-6,11H,1-4,7-10,12H2,(H,21,23). The molecule has 2 aliphatic rings. The second-order valence-corrected chi connectivity index (χ2v) is 7.62. The van der Waals surface area contributed by atoms with E-state index in [-0.39, 0.29) is 17.6 Å². The fourth-order valence-corrected chi connectivity index (χ4v) is 4.02. The summed E-state index contributed by atoms with van der Waals surface area (Å²) < 4.78 is 0. The molecule has 1 aromatic rings. The first-order valence-electron chi connectivity index (χ1n) is 8.72. The fourth-order valence-electron chi connectivity index (χ4n) is 3.38. The Morgan fingerprint density at radius 3 is 2.56 bits per heavy atom. The molecule has 2 amide bonds. The predicted octanol–water partition coefficient (Wildman–Crippen LogP) is 2.36. The van der Waals surface area contributed by atoms with Gasteiger partial charge in [-0.1, -0.05) is 11.8 Å². The molecule has 0 aromatic carbocycles. The number of aromatic nitrogens is 1. The Kier molecular flexibility index (Phi) is 5.59. The summed E-state index contributed by atoms with van der Waals surface area (Å²) in [7, 11) is 0. The van der Waals surface area contributed by atoms with Gasteiger partial charge in [-0.05, 0) is 50.7 Å². The van der Waals surface area contributed by atoms with Crippen molar-refractivity contribution in [3.63, 3.8) is 0 Å². The van der Waals surface area contributed by atoms with Crippen LogP contribution in [-0.2, 0) is 4.79 Å². The molecule has 0 spiro atoms. The highest BCUT2D eigenvalue weighted by Crippen LogP contribution is 2.29. The smallest absolute Gasteiger partial charge is 0.255 e. The van der Waals surface area contributed by atoms with E-state index >= 15 is 0 Å². The molecule has 25 heavy (non-hydrogen) atoms. The van der Waals surface area contributed by atoms with Gasteiger partial charge in [-0.3, -0.25) is 9.59 Å². The van der Waals surface area contributed by atoms with Crippen molar-refractivity contribution in [1.82, 2.24) is 15.2 Å². The van der Waals surface area contributed by atoms with E-state index in [0.29, 0.717) is 10.6 Å². The van der Waals surface area contributed by atoms with Gasteiger partial charge in [-0.25, -0.2) is 4.98 Å². The maximum atomic E-state index is 12.3. The lowest BCUT2D eigenvalue weighted by Gasteiger charge is -2.21. The predicted molar refractivity (Wildman–Crippen MR) is 95.1 cm³/mol. The van der Waals surface area contributed by atoms with Crippen LogP contribution >= 0.6 is 11.8 Å². The number of nitrogens with one attached hydrogen (secondary N) is 1. The van der Waals surface area contributed by atoms with E-state index in [1.165, 1.54) is 11.8 Å². The third-order valence-corrected chi connectivity index (χ3v) is 5.72. The molecular weight excluding hydrogens is 336 g/mol. The van der Waals surface area contributed by atoms with Crippen molar-refractivity contribution < 1.29 is 9.59 Å². The Bertz CT molecular complexity index is 671. The van der Waals surface area contributed by atoms with E-state index in [0.717, 1.165) is 51.6 Å². The summed E-state index contributed by atoms with van der Waals surface area (Å²) in [6.45, 7) is 1.63. The van der Waals surface area contributed by atoms with Crippen LogP contribution in [0.4, 0.5) is 0 Å². The number of carbonyl (C=O) groups excluding carboxylic acids is 2. The zero-order chi connectivity index (χ0) is 17.7. The van der Waals surface area contributed by atoms with Crippen LogP contribution < -0.4 is 5.32 Å². The summed E-state index contributed by atoms with van der Waals surface area (Å²) in [5.41, 5.74) is -0.0954. The highest BCUT2D eigenvalue weighted by molar-refractivity contribution is 7.99. The molecule has 1 aromatic heterocycles. The SMILES string of the molecule is N#CC1(NC(=O)CSc2ccc(C(=O)N3CCCC3)cn2)CCCC1. The van der Waals surface area contributed by atoms with Crippen molar-refractivity contribution in [1.29, 1.82) is 5.26 Å².